The summed E-state index contributed by atoms with van der Waals surface area (Å²) in [5, 5.41) is 4.83. The molecule has 0 spiro atoms. The zero-order chi connectivity index (χ0) is 22.5. The summed E-state index contributed by atoms with van der Waals surface area (Å²) < 4.78 is 0. The van der Waals surface area contributed by atoms with Crippen molar-refractivity contribution in [2.24, 2.45) is 0 Å². The van der Waals surface area contributed by atoms with Crippen LogP contribution >= 0.6 is 47.0 Å². The van der Waals surface area contributed by atoms with Gasteiger partial charge in [-0.05, 0) is 60.6 Å². The Morgan fingerprint density at radius 2 is 1.81 bits per heavy atom. The maximum Gasteiger partial charge on any atom is 0.252 e. The zero-order valence-corrected chi connectivity index (χ0v) is 19.6. The Labute approximate surface area is 201 Å². The number of amides is 2. The number of carbonyl (C=O) groups is 2. The molecule has 0 aromatic heterocycles. The lowest BCUT2D eigenvalue weighted by molar-refractivity contribution is -0.130. The summed E-state index contributed by atoms with van der Waals surface area (Å²) in [6, 6.07) is 11.3. The minimum Gasteiger partial charge on any atom is -0.336 e. The third-order valence-corrected chi connectivity index (χ3v) is 6.15. The van der Waals surface area contributed by atoms with Gasteiger partial charge in [0.05, 0.1) is 6.42 Å². The number of nitrogens with one attached hydrogen (secondary N) is 1. The summed E-state index contributed by atoms with van der Waals surface area (Å²) in [7, 11) is 0. The van der Waals surface area contributed by atoms with Gasteiger partial charge >= 0.3 is 0 Å². The fourth-order valence-corrected chi connectivity index (χ4v) is 4.34. The third kappa shape index (κ3) is 5.77. The monoisotopic (exact) mass is 495 g/mol. The van der Waals surface area contributed by atoms with Crippen molar-refractivity contribution in [2.75, 3.05) is 18.4 Å². The van der Waals surface area contributed by atoms with E-state index in [0.717, 1.165) is 5.56 Å². The molecule has 1 saturated heterocycles. The predicted octanol–water partition coefficient (Wildman–Crippen LogP) is 5.20. The van der Waals surface area contributed by atoms with Crippen molar-refractivity contribution in [3.63, 3.8) is 0 Å². The number of hydrogen-bond donors (Lipinski definition) is 1. The maximum absolute atomic E-state index is 13.0. The maximum atomic E-state index is 13.0. The zero-order valence-electron chi connectivity index (χ0n) is 16.5. The molecule has 1 aliphatic heterocycles. The van der Waals surface area contributed by atoms with Crippen LogP contribution in [0.5, 0.6) is 0 Å². The van der Waals surface area contributed by atoms with E-state index in [0.29, 0.717) is 38.8 Å². The molecular formula is C22H20Cl3N3O2S. The normalized spacial score (nSPS) is 16.0. The van der Waals surface area contributed by atoms with Gasteiger partial charge in [0.1, 0.15) is 6.04 Å². The molecule has 2 amide bonds. The highest BCUT2D eigenvalue weighted by molar-refractivity contribution is 7.80. The van der Waals surface area contributed by atoms with Gasteiger partial charge in [-0.2, -0.15) is 0 Å². The summed E-state index contributed by atoms with van der Waals surface area (Å²) in [5.41, 5.74) is 1.48. The van der Waals surface area contributed by atoms with E-state index in [9.17, 15) is 9.59 Å². The number of anilines is 1. The van der Waals surface area contributed by atoms with Crippen LogP contribution in [-0.4, -0.2) is 45.9 Å². The molecule has 1 aliphatic rings. The van der Waals surface area contributed by atoms with Crippen LogP contribution in [-0.2, 0) is 16.0 Å². The number of halogens is 3. The average Bonchev–Trinajstić information content (AvgIpc) is 2.93. The Bertz CT molecular complexity index is 1010. The molecule has 162 valence electrons. The second-order valence-corrected chi connectivity index (χ2v) is 8.62. The molecule has 0 bridgehead atoms. The number of rotatable bonds is 8. The van der Waals surface area contributed by atoms with Crippen molar-refractivity contribution in [1.82, 2.24) is 9.80 Å². The molecule has 0 radical (unpaired) electrons. The molecule has 3 rings (SSSR count). The molecule has 1 heterocycles. The van der Waals surface area contributed by atoms with E-state index in [-0.39, 0.29) is 24.8 Å². The minimum absolute atomic E-state index is 0.0381. The molecule has 5 nitrogen and oxygen atoms in total. The van der Waals surface area contributed by atoms with E-state index in [1.165, 1.54) is 4.90 Å². The Morgan fingerprint density at radius 1 is 1.13 bits per heavy atom. The smallest absolute Gasteiger partial charge is 0.252 e. The second kappa shape index (κ2) is 10.5. The molecule has 0 aliphatic carbocycles. The van der Waals surface area contributed by atoms with Gasteiger partial charge in [0.15, 0.2) is 5.11 Å². The third-order valence-electron chi connectivity index (χ3n) is 4.86. The summed E-state index contributed by atoms with van der Waals surface area (Å²) in [6.07, 6.45) is 2.11. The standard InChI is InChI=1S/C22H20Cl3N3O2S/c1-2-10-28-21(30)19(13-20(29)26-17-7-5-15(23)6-8-17)27(22(28)31)11-9-14-3-4-16(24)12-18(14)25/h2-8,12,19H,1,9-11,13H2,(H,26,29)/t19-/m0/s1. The van der Waals surface area contributed by atoms with E-state index >= 15 is 0 Å². The van der Waals surface area contributed by atoms with Gasteiger partial charge < -0.3 is 10.2 Å². The lowest BCUT2D eigenvalue weighted by Gasteiger charge is -2.24. The minimum atomic E-state index is -0.703. The first-order valence-corrected chi connectivity index (χ1v) is 11.1. The molecule has 1 atom stereocenters. The van der Waals surface area contributed by atoms with Crippen LogP contribution in [0.3, 0.4) is 0 Å². The Morgan fingerprint density at radius 3 is 2.45 bits per heavy atom. The molecule has 2 aromatic rings. The number of thiocarbonyl (C=S) groups is 1. The van der Waals surface area contributed by atoms with Gasteiger partial charge in [-0.15, -0.1) is 6.58 Å². The van der Waals surface area contributed by atoms with Crippen LogP contribution in [0.15, 0.2) is 55.1 Å². The highest BCUT2D eigenvalue weighted by Crippen LogP contribution is 2.25. The van der Waals surface area contributed by atoms with Crippen LogP contribution in [0, 0.1) is 0 Å². The Balaban J connectivity index is 1.74. The van der Waals surface area contributed by atoms with Crippen LogP contribution < -0.4 is 5.32 Å². The first-order valence-electron chi connectivity index (χ1n) is 9.52. The van der Waals surface area contributed by atoms with Crippen molar-refractivity contribution < 1.29 is 9.59 Å². The van der Waals surface area contributed by atoms with Crippen molar-refractivity contribution in [2.45, 2.75) is 18.9 Å². The summed E-state index contributed by atoms with van der Waals surface area (Å²) in [5.74, 6) is -0.517. The summed E-state index contributed by atoms with van der Waals surface area (Å²) in [4.78, 5) is 28.9. The molecule has 2 aromatic carbocycles. The summed E-state index contributed by atoms with van der Waals surface area (Å²) in [6.45, 7) is 4.40. The fraction of sp³-hybridized carbons (Fsp3) is 0.227. The first kappa shape index (κ1) is 23.5. The first-order chi connectivity index (χ1) is 14.8. The molecule has 0 unspecified atom stereocenters. The topological polar surface area (TPSA) is 52.7 Å². The molecule has 9 heteroatoms. The second-order valence-electron chi connectivity index (χ2n) is 6.97. The molecule has 31 heavy (non-hydrogen) atoms. The molecule has 0 saturated carbocycles. The summed E-state index contributed by atoms with van der Waals surface area (Å²) >= 11 is 23.7. The van der Waals surface area contributed by atoms with Crippen molar-refractivity contribution in [3.8, 4) is 0 Å². The number of carbonyl (C=O) groups excluding carboxylic acids is 2. The van der Waals surface area contributed by atoms with Crippen LogP contribution in [0.1, 0.15) is 12.0 Å². The van der Waals surface area contributed by atoms with Gasteiger partial charge in [-0.3, -0.25) is 14.5 Å². The van der Waals surface area contributed by atoms with E-state index in [2.05, 4.69) is 11.9 Å². The van der Waals surface area contributed by atoms with Crippen LogP contribution in [0.25, 0.3) is 0 Å². The fourth-order valence-electron chi connectivity index (χ4n) is 3.33. The van der Waals surface area contributed by atoms with Crippen molar-refractivity contribution in [3.05, 3.63) is 75.8 Å². The number of benzene rings is 2. The molecular weight excluding hydrogens is 477 g/mol. The van der Waals surface area contributed by atoms with Gasteiger partial charge in [-0.25, -0.2) is 0 Å². The van der Waals surface area contributed by atoms with Crippen molar-refractivity contribution >= 4 is 69.6 Å². The SMILES string of the molecule is C=CCN1C(=O)[C@H](CC(=O)Nc2ccc(Cl)cc2)N(CCc2ccc(Cl)cc2Cl)C1=S. The number of hydrogen-bond acceptors (Lipinski definition) is 3. The van der Waals surface area contributed by atoms with E-state index < -0.39 is 6.04 Å². The lowest BCUT2D eigenvalue weighted by atomic mass is 10.1. The highest BCUT2D eigenvalue weighted by atomic mass is 35.5. The molecule has 1 fully saturated rings. The van der Waals surface area contributed by atoms with Crippen LogP contribution in [0.4, 0.5) is 5.69 Å². The number of nitrogens with zero attached hydrogens (tertiary/aromatic N) is 2. The average molecular weight is 497 g/mol. The van der Waals surface area contributed by atoms with E-state index in [1.807, 2.05) is 6.07 Å². The molecule has 1 N–H and O–H groups in total. The van der Waals surface area contributed by atoms with Crippen LogP contribution in [0.2, 0.25) is 15.1 Å². The van der Waals surface area contributed by atoms with E-state index in [1.54, 1.807) is 47.4 Å². The highest BCUT2D eigenvalue weighted by Gasteiger charge is 2.42. The largest absolute Gasteiger partial charge is 0.336 e. The van der Waals surface area contributed by atoms with E-state index in [4.69, 9.17) is 47.0 Å². The Kier molecular flexibility index (Phi) is 7.94. The quantitative estimate of drug-likeness (QED) is 0.403. The predicted molar refractivity (Wildman–Crippen MR) is 130 cm³/mol. The van der Waals surface area contributed by atoms with Gasteiger partial charge in [0.2, 0.25) is 5.91 Å². The van der Waals surface area contributed by atoms with Gasteiger partial charge in [-0.1, -0.05) is 46.9 Å². The van der Waals surface area contributed by atoms with Gasteiger partial charge in [0.25, 0.3) is 5.91 Å². The Hall–Kier alpha value is -2.12. The van der Waals surface area contributed by atoms with Crippen molar-refractivity contribution in [1.29, 1.82) is 0 Å². The lowest BCUT2D eigenvalue weighted by Crippen LogP contribution is -2.39. The van der Waals surface area contributed by atoms with Gasteiger partial charge in [0, 0.05) is 33.8 Å².